The molecule has 5 heteroatoms. The first-order valence-corrected chi connectivity index (χ1v) is 6.95. The highest BCUT2D eigenvalue weighted by Crippen LogP contribution is 2.21. The Morgan fingerprint density at radius 2 is 2.06 bits per heavy atom. The summed E-state index contributed by atoms with van der Waals surface area (Å²) < 4.78 is 15.2. The number of hydrogen-bond acceptors (Lipinski definition) is 2. The lowest BCUT2D eigenvalue weighted by Crippen LogP contribution is -2.03. The Hall–Kier alpha value is -0.940. The quantitative estimate of drug-likeness (QED) is 0.845. The maximum Gasteiger partial charge on any atom is 0.128 e. The minimum atomic E-state index is -0.206. The molecule has 2 nitrogen and oxygen atoms in total. The summed E-state index contributed by atoms with van der Waals surface area (Å²) in [4.78, 5) is 4.28. The van der Waals surface area contributed by atoms with Crippen LogP contribution >= 0.6 is 31.9 Å². The standard InChI is InChI=1S/C13H11Br2FN2/c1-8-2-3-10(5-12(8)16)17-7-13-11(15)4-9(14)6-18-13/h2-6,17H,7H2,1H3. The summed E-state index contributed by atoms with van der Waals surface area (Å²) in [5.41, 5.74) is 2.26. The fourth-order valence-electron chi connectivity index (χ4n) is 1.46. The van der Waals surface area contributed by atoms with E-state index in [0.29, 0.717) is 12.1 Å². The minimum absolute atomic E-state index is 0.206. The van der Waals surface area contributed by atoms with Gasteiger partial charge < -0.3 is 5.32 Å². The molecule has 1 N–H and O–H groups in total. The average molecular weight is 374 g/mol. The Morgan fingerprint density at radius 3 is 2.72 bits per heavy atom. The zero-order valence-electron chi connectivity index (χ0n) is 9.67. The molecule has 1 aromatic heterocycles. The number of aromatic nitrogens is 1. The van der Waals surface area contributed by atoms with Crippen LogP contribution in [0.15, 0.2) is 39.4 Å². The summed E-state index contributed by atoms with van der Waals surface area (Å²) in [5, 5.41) is 3.14. The lowest BCUT2D eigenvalue weighted by molar-refractivity contribution is 0.619. The van der Waals surface area contributed by atoms with Gasteiger partial charge in [-0.05, 0) is 62.5 Å². The molecular formula is C13H11Br2FN2. The van der Waals surface area contributed by atoms with Crippen LogP contribution in [0.25, 0.3) is 0 Å². The zero-order valence-corrected chi connectivity index (χ0v) is 12.8. The molecule has 94 valence electrons. The van der Waals surface area contributed by atoms with Crippen LogP contribution in [-0.2, 0) is 6.54 Å². The molecule has 0 spiro atoms. The number of anilines is 1. The lowest BCUT2D eigenvalue weighted by atomic mass is 10.2. The van der Waals surface area contributed by atoms with Gasteiger partial charge in [0.1, 0.15) is 5.82 Å². The van der Waals surface area contributed by atoms with Crippen molar-refractivity contribution in [2.75, 3.05) is 5.32 Å². The Balaban J connectivity index is 2.09. The smallest absolute Gasteiger partial charge is 0.128 e. The van der Waals surface area contributed by atoms with E-state index in [1.54, 1.807) is 19.2 Å². The highest BCUT2D eigenvalue weighted by molar-refractivity contribution is 9.11. The second kappa shape index (κ2) is 5.80. The van der Waals surface area contributed by atoms with E-state index in [1.807, 2.05) is 12.1 Å². The summed E-state index contributed by atoms with van der Waals surface area (Å²) in [6.45, 7) is 2.28. The third-order valence-corrected chi connectivity index (χ3v) is 3.64. The first-order valence-electron chi connectivity index (χ1n) is 5.36. The van der Waals surface area contributed by atoms with Crippen LogP contribution < -0.4 is 5.32 Å². The fraction of sp³-hybridized carbons (Fsp3) is 0.154. The van der Waals surface area contributed by atoms with Gasteiger partial charge in [-0.1, -0.05) is 6.07 Å². The van der Waals surface area contributed by atoms with Gasteiger partial charge in [0.2, 0.25) is 0 Å². The summed E-state index contributed by atoms with van der Waals surface area (Å²) >= 11 is 6.79. The Bertz CT molecular complexity index is 573. The third-order valence-electron chi connectivity index (χ3n) is 2.52. The molecule has 0 saturated heterocycles. The van der Waals surface area contributed by atoms with Gasteiger partial charge in [0.15, 0.2) is 0 Å². The fourth-order valence-corrected chi connectivity index (χ4v) is 2.59. The predicted octanol–water partition coefficient (Wildman–Crippen LogP) is 4.67. The van der Waals surface area contributed by atoms with Crippen LogP contribution in [0.5, 0.6) is 0 Å². The van der Waals surface area contributed by atoms with Gasteiger partial charge in [0, 0.05) is 20.8 Å². The number of hydrogen-bond donors (Lipinski definition) is 1. The first kappa shape index (κ1) is 13.5. The van der Waals surface area contributed by atoms with Crippen molar-refractivity contribution < 1.29 is 4.39 Å². The second-order valence-corrected chi connectivity index (χ2v) is 5.67. The van der Waals surface area contributed by atoms with Gasteiger partial charge in [-0.3, -0.25) is 4.98 Å². The molecule has 2 aromatic rings. The number of halogens is 3. The summed E-state index contributed by atoms with van der Waals surface area (Å²) in [6, 6.07) is 7.02. The van der Waals surface area contributed by atoms with Gasteiger partial charge in [0.05, 0.1) is 12.2 Å². The van der Waals surface area contributed by atoms with E-state index < -0.39 is 0 Å². The molecule has 0 radical (unpaired) electrons. The number of rotatable bonds is 3. The normalized spacial score (nSPS) is 10.4. The van der Waals surface area contributed by atoms with Crippen LogP contribution in [0.1, 0.15) is 11.3 Å². The van der Waals surface area contributed by atoms with Crippen LogP contribution in [0.2, 0.25) is 0 Å². The van der Waals surface area contributed by atoms with Gasteiger partial charge in [0.25, 0.3) is 0 Å². The molecule has 1 aromatic carbocycles. The maximum absolute atomic E-state index is 13.4. The van der Waals surface area contributed by atoms with Crippen LogP contribution in [-0.4, -0.2) is 4.98 Å². The van der Waals surface area contributed by atoms with E-state index in [9.17, 15) is 4.39 Å². The third kappa shape index (κ3) is 3.29. The zero-order chi connectivity index (χ0) is 13.1. The topological polar surface area (TPSA) is 24.9 Å². The molecule has 0 bridgehead atoms. The number of aryl methyl sites for hydroxylation is 1. The predicted molar refractivity (Wildman–Crippen MR) is 78.1 cm³/mol. The molecule has 0 saturated carbocycles. The molecule has 1 heterocycles. The van der Waals surface area contributed by atoms with Gasteiger partial charge in [-0.25, -0.2) is 4.39 Å². The van der Waals surface area contributed by atoms with Crippen molar-refractivity contribution in [1.82, 2.24) is 4.98 Å². The summed E-state index contributed by atoms with van der Waals surface area (Å²) in [5.74, 6) is -0.206. The lowest BCUT2D eigenvalue weighted by Gasteiger charge is -2.08. The molecule has 0 aliphatic carbocycles. The first-order chi connectivity index (χ1) is 8.56. The monoisotopic (exact) mass is 372 g/mol. The highest BCUT2D eigenvalue weighted by Gasteiger charge is 2.03. The highest BCUT2D eigenvalue weighted by atomic mass is 79.9. The van der Waals surface area contributed by atoms with Crippen molar-refractivity contribution in [3.63, 3.8) is 0 Å². The molecule has 0 amide bonds. The Morgan fingerprint density at radius 1 is 1.28 bits per heavy atom. The maximum atomic E-state index is 13.4. The number of pyridine rings is 1. The van der Waals surface area contributed by atoms with Crippen molar-refractivity contribution in [2.45, 2.75) is 13.5 Å². The summed E-state index contributed by atoms with van der Waals surface area (Å²) in [7, 11) is 0. The average Bonchev–Trinajstić information content (AvgIpc) is 2.32. The molecule has 0 aliphatic heterocycles. The van der Waals surface area contributed by atoms with Gasteiger partial charge in [-0.2, -0.15) is 0 Å². The van der Waals surface area contributed by atoms with E-state index in [1.165, 1.54) is 6.07 Å². The Labute approximate surface area is 122 Å². The molecule has 0 atom stereocenters. The SMILES string of the molecule is Cc1ccc(NCc2ncc(Br)cc2Br)cc1F. The van der Waals surface area contributed by atoms with Crippen LogP contribution in [0, 0.1) is 12.7 Å². The molecule has 18 heavy (non-hydrogen) atoms. The largest absolute Gasteiger partial charge is 0.379 e. The molecule has 2 rings (SSSR count). The molecule has 0 aliphatic rings. The molecule has 0 unspecified atom stereocenters. The Kier molecular flexibility index (Phi) is 4.35. The van der Waals surface area contributed by atoms with Gasteiger partial charge in [-0.15, -0.1) is 0 Å². The van der Waals surface area contributed by atoms with Crippen LogP contribution in [0.4, 0.5) is 10.1 Å². The van der Waals surface area contributed by atoms with E-state index in [-0.39, 0.29) is 5.82 Å². The van der Waals surface area contributed by atoms with Gasteiger partial charge >= 0.3 is 0 Å². The van der Waals surface area contributed by atoms with E-state index >= 15 is 0 Å². The van der Waals surface area contributed by atoms with Crippen molar-refractivity contribution in [3.8, 4) is 0 Å². The number of nitrogens with one attached hydrogen (secondary N) is 1. The van der Waals surface area contributed by atoms with Crippen LogP contribution in [0.3, 0.4) is 0 Å². The van der Waals surface area contributed by atoms with E-state index in [4.69, 9.17) is 0 Å². The molecular weight excluding hydrogens is 363 g/mol. The van der Waals surface area contributed by atoms with E-state index in [2.05, 4.69) is 42.2 Å². The summed E-state index contributed by atoms with van der Waals surface area (Å²) in [6.07, 6.45) is 1.73. The van der Waals surface area contributed by atoms with Crippen molar-refractivity contribution in [1.29, 1.82) is 0 Å². The van der Waals surface area contributed by atoms with Crippen molar-refractivity contribution >= 4 is 37.5 Å². The number of nitrogens with zero attached hydrogens (tertiary/aromatic N) is 1. The van der Waals surface area contributed by atoms with Crippen molar-refractivity contribution in [2.24, 2.45) is 0 Å². The number of benzene rings is 1. The van der Waals surface area contributed by atoms with E-state index in [0.717, 1.165) is 20.3 Å². The second-order valence-electron chi connectivity index (χ2n) is 3.90. The molecule has 0 fully saturated rings. The minimum Gasteiger partial charge on any atom is -0.379 e. The van der Waals surface area contributed by atoms with Crippen molar-refractivity contribution in [3.05, 3.63) is 56.5 Å².